The molecule has 1 aromatic rings. The van der Waals surface area contributed by atoms with E-state index in [1.165, 1.54) is 12.1 Å². The molecule has 1 rings (SSSR count). The summed E-state index contributed by atoms with van der Waals surface area (Å²) in [5.41, 5.74) is 4.94. The van der Waals surface area contributed by atoms with Crippen LogP contribution < -0.4 is 11.1 Å². The summed E-state index contributed by atoms with van der Waals surface area (Å²) in [4.78, 5) is 11.2. The number of carbonyl (C=O) groups is 1. The maximum atomic E-state index is 13.1. The summed E-state index contributed by atoms with van der Waals surface area (Å²) < 4.78 is 30.7. The molecule has 0 spiro atoms. The molecule has 0 fully saturated rings. The first-order valence-electron chi connectivity index (χ1n) is 4.67. The van der Waals surface area contributed by atoms with E-state index in [1.54, 1.807) is 0 Å². The van der Waals surface area contributed by atoms with E-state index >= 15 is 0 Å². The standard InChI is InChI=1S/C10H12F2N2O2/c11-7-2-1-3-8(10(7)12)14-9(15)6-16-5-4-13/h1-3H,4-6,13H2,(H,14,15). The summed E-state index contributed by atoms with van der Waals surface area (Å²) in [6.45, 7) is 0.286. The second-order valence-electron chi connectivity index (χ2n) is 2.99. The van der Waals surface area contributed by atoms with Gasteiger partial charge in [-0.1, -0.05) is 6.07 Å². The first kappa shape index (κ1) is 12.5. The van der Waals surface area contributed by atoms with E-state index in [4.69, 9.17) is 10.5 Å². The molecule has 1 aromatic carbocycles. The SMILES string of the molecule is NCCOCC(=O)Nc1cccc(F)c1F. The number of nitrogens with one attached hydrogen (secondary N) is 1. The minimum absolute atomic E-state index is 0.207. The first-order valence-corrected chi connectivity index (χ1v) is 4.67. The van der Waals surface area contributed by atoms with Crippen LogP contribution in [0.25, 0.3) is 0 Å². The van der Waals surface area contributed by atoms with E-state index in [0.29, 0.717) is 6.54 Å². The Hall–Kier alpha value is -1.53. The van der Waals surface area contributed by atoms with Crippen LogP contribution in [0.2, 0.25) is 0 Å². The zero-order valence-corrected chi connectivity index (χ0v) is 8.50. The van der Waals surface area contributed by atoms with Crippen molar-refractivity contribution in [2.45, 2.75) is 0 Å². The molecule has 0 saturated carbocycles. The van der Waals surface area contributed by atoms with E-state index in [2.05, 4.69) is 5.32 Å². The van der Waals surface area contributed by atoms with Crippen molar-refractivity contribution in [1.82, 2.24) is 0 Å². The molecular weight excluding hydrogens is 218 g/mol. The van der Waals surface area contributed by atoms with Crippen molar-refractivity contribution in [1.29, 1.82) is 0 Å². The van der Waals surface area contributed by atoms with Gasteiger partial charge in [0.1, 0.15) is 6.61 Å². The number of hydrogen-bond donors (Lipinski definition) is 2. The van der Waals surface area contributed by atoms with Crippen molar-refractivity contribution in [3.8, 4) is 0 Å². The average Bonchev–Trinajstić information content (AvgIpc) is 2.25. The predicted octanol–water partition coefficient (Wildman–Crippen LogP) is 0.879. The lowest BCUT2D eigenvalue weighted by atomic mass is 10.3. The van der Waals surface area contributed by atoms with Gasteiger partial charge in [0.15, 0.2) is 11.6 Å². The van der Waals surface area contributed by atoms with Gasteiger partial charge in [-0.15, -0.1) is 0 Å². The lowest BCUT2D eigenvalue weighted by molar-refractivity contribution is -0.120. The van der Waals surface area contributed by atoms with Crippen molar-refractivity contribution in [2.75, 3.05) is 25.1 Å². The Labute approximate surface area is 91.4 Å². The van der Waals surface area contributed by atoms with Crippen LogP contribution in [0.3, 0.4) is 0 Å². The van der Waals surface area contributed by atoms with Crippen molar-refractivity contribution in [2.24, 2.45) is 5.73 Å². The minimum atomic E-state index is -1.09. The summed E-state index contributed by atoms with van der Waals surface area (Å²) in [5.74, 6) is -2.66. The summed E-state index contributed by atoms with van der Waals surface area (Å²) in [6.07, 6.45) is 0. The van der Waals surface area contributed by atoms with Crippen LogP contribution in [-0.4, -0.2) is 25.7 Å². The van der Waals surface area contributed by atoms with Gasteiger partial charge in [0.05, 0.1) is 12.3 Å². The molecule has 88 valence electrons. The molecule has 0 bridgehead atoms. The van der Waals surface area contributed by atoms with Crippen molar-refractivity contribution < 1.29 is 18.3 Å². The molecule has 1 amide bonds. The second-order valence-corrected chi connectivity index (χ2v) is 2.99. The zero-order chi connectivity index (χ0) is 12.0. The largest absolute Gasteiger partial charge is 0.370 e. The molecule has 3 N–H and O–H groups in total. The smallest absolute Gasteiger partial charge is 0.250 e. The molecular formula is C10H12F2N2O2. The van der Waals surface area contributed by atoms with Crippen LogP contribution in [0, 0.1) is 11.6 Å². The molecule has 0 unspecified atom stereocenters. The molecule has 0 aliphatic carbocycles. The molecule has 16 heavy (non-hydrogen) atoms. The fraction of sp³-hybridized carbons (Fsp3) is 0.300. The Morgan fingerprint density at radius 3 is 2.88 bits per heavy atom. The highest BCUT2D eigenvalue weighted by Gasteiger charge is 2.10. The number of halogens is 2. The van der Waals surface area contributed by atoms with Crippen molar-refractivity contribution >= 4 is 11.6 Å². The maximum absolute atomic E-state index is 13.1. The maximum Gasteiger partial charge on any atom is 0.250 e. The lowest BCUT2D eigenvalue weighted by Crippen LogP contribution is -2.21. The van der Waals surface area contributed by atoms with Gasteiger partial charge in [-0.2, -0.15) is 0 Å². The zero-order valence-electron chi connectivity index (χ0n) is 8.50. The lowest BCUT2D eigenvalue weighted by Gasteiger charge is -2.06. The van der Waals surface area contributed by atoms with Gasteiger partial charge in [-0.05, 0) is 12.1 Å². The third-order valence-corrected chi connectivity index (χ3v) is 1.72. The van der Waals surface area contributed by atoms with E-state index in [1.807, 2.05) is 0 Å². The summed E-state index contributed by atoms with van der Waals surface area (Å²) in [7, 11) is 0. The Balaban J connectivity index is 2.53. The van der Waals surface area contributed by atoms with Crippen LogP contribution in [-0.2, 0) is 9.53 Å². The number of amides is 1. The molecule has 0 aromatic heterocycles. The molecule has 0 heterocycles. The second kappa shape index (κ2) is 6.14. The van der Waals surface area contributed by atoms with Gasteiger partial charge < -0.3 is 15.8 Å². The number of anilines is 1. The van der Waals surface area contributed by atoms with Crippen LogP contribution in [0.15, 0.2) is 18.2 Å². The third kappa shape index (κ3) is 3.56. The molecule has 4 nitrogen and oxygen atoms in total. The van der Waals surface area contributed by atoms with Crippen LogP contribution in [0.4, 0.5) is 14.5 Å². The Kier molecular flexibility index (Phi) is 4.81. The summed E-state index contributed by atoms with van der Waals surface area (Å²) in [5, 5.41) is 2.19. The number of rotatable bonds is 5. The normalized spacial score (nSPS) is 10.2. The minimum Gasteiger partial charge on any atom is -0.370 e. The van der Waals surface area contributed by atoms with Crippen LogP contribution in [0.5, 0.6) is 0 Å². The molecule has 0 aliphatic rings. The van der Waals surface area contributed by atoms with Crippen LogP contribution in [0.1, 0.15) is 0 Å². The Morgan fingerprint density at radius 2 is 2.19 bits per heavy atom. The number of ether oxygens (including phenoxy) is 1. The number of hydrogen-bond acceptors (Lipinski definition) is 3. The van der Waals surface area contributed by atoms with E-state index < -0.39 is 17.5 Å². The number of benzene rings is 1. The highest BCUT2D eigenvalue weighted by Crippen LogP contribution is 2.16. The molecule has 6 heteroatoms. The first-order chi connectivity index (χ1) is 7.65. The van der Waals surface area contributed by atoms with Gasteiger partial charge in [-0.3, -0.25) is 4.79 Å². The van der Waals surface area contributed by atoms with E-state index in [9.17, 15) is 13.6 Å². The average molecular weight is 230 g/mol. The molecule has 0 radical (unpaired) electrons. The summed E-state index contributed by atoms with van der Waals surface area (Å²) >= 11 is 0. The topological polar surface area (TPSA) is 64.3 Å². The Bertz CT molecular complexity index is 372. The van der Waals surface area contributed by atoms with Gasteiger partial charge in [-0.25, -0.2) is 8.78 Å². The van der Waals surface area contributed by atoms with Gasteiger partial charge in [0, 0.05) is 6.54 Å². The quantitative estimate of drug-likeness (QED) is 0.738. The van der Waals surface area contributed by atoms with Gasteiger partial charge >= 0.3 is 0 Å². The molecule has 0 aliphatic heterocycles. The molecule has 0 saturated heterocycles. The Morgan fingerprint density at radius 1 is 1.44 bits per heavy atom. The third-order valence-electron chi connectivity index (χ3n) is 1.72. The van der Waals surface area contributed by atoms with E-state index in [0.717, 1.165) is 6.07 Å². The highest BCUT2D eigenvalue weighted by atomic mass is 19.2. The van der Waals surface area contributed by atoms with Crippen molar-refractivity contribution in [3.63, 3.8) is 0 Å². The monoisotopic (exact) mass is 230 g/mol. The molecule has 0 atom stereocenters. The fourth-order valence-electron chi connectivity index (χ4n) is 1.03. The van der Waals surface area contributed by atoms with Gasteiger partial charge in [0.2, 0.25) is 5.91 Å². The number of nitrogens with two attached hydrogens (primary N) is 1. The summed E-state index contributed by atoms with van der Waals surface area (Å²) in [6, 6.07) is 3.53. The fourth-order valence-corrected chi connectivity index (χ4v) is 1.03. The van der Waals surface area contributed by atoms with Crippen molar-refractivity contribution in [3.05, 3.63) is 29.8 Å². The predicted molar refractivity (Wildman–Crippen MR) is 54.9 cm³/mol. The van der Waals surface area contributed by atoms with E-state index in [-0.39, 0.29) is 18.9 Å². The van der Waals surface area contributed by atoms with Gasteiger partial charge in [0.25, 0.3) is 0 Å². The van der Waals surface area contributed by atoms with Crippen LogP contribution >= 0.6 is 0 Å². The highest BCUT2D eigenvalue weighted by molar-refractivity contribution is 5.91. The number of carbonyl (C=O) groups excluding carboxylic acids is 1.